The van der Waals surface area contributed by atoms with Crippen molar-refractivity contribution in [3.05, 3.63) is 35.4 Å². The topological polar surface area (TPSA) is 66.4 Å². The van der Waals surface area contributed by atoms with Crippen LogP contribution in [0.5, 0.6) is 0 Å². The number of carboxylic acid groups (broad SMARTS) is 1. The number of carbonyl (C=O) groups is 2. The van der Waals surface area contributed by atoms with Gasteiger partial charge in [-0.15, -0.1) is 0 Å². The van der Waals surface area contributed by atoms with E-state index in [-0.39, 0.29) is 17.5 Å². The molecule has 0 bridgehead atoms. The smallest absolute Gasteiger partial charge is 0.335 e. The summed E-state index contributed by atoms with van der Waals surface area (Å²) in [6.07, 6.45) is 3.09. The summed E-state index contributed by atoms with van der Waals surface area (Å²) in [4.78, 5) is 22.7. The fraction of sp³-hybridized carbons (Fsp3) is 0.429. The first kappa shape index (κ1) is 14.2. The summed E-state index contributed by atoms with van der Waals surface area (Å²) in [6, 6.07) is 6.17. The lowest BCUT2D eigenvalue weighted by Gasteiger charge is -2.13. The molecule has 18 heavy (non-hydrogen) atoms. The van der Waals surface area contributed by atoms with Crippen molar-refractivity contribution in [1.29, 1.82) is 0 Å². The van der Waals surface area contributed by atoms with E-state index in [1.807, 2.05) is 6.92 Å². The van der Waals surface area contributed by atoms with Crippen LogP contribution in [0.15, 0.2) is 24.3 Å². The highest BCUT2D eigenvalue weighted by atomic mass is 16.4. The summed E-state index contributed by atoms with van der Waals surface area (Å²) in [5, 5.41) is 11.7. The van der Waals surface area contributed by atoms with Crippen LogP contribution in [0.3, 0.4) is 0 Å². The molecule has 0 saturated carbocycles. The molecule has 0 saturated heterocycles. The van der Waals surface area contributed by atoms with Crippen molar-refractivity contribution in [3.63, 3.8) is 0 Å². The molecule has 0 aliphatic heterocycles. The van der Waals surface area contributed by atoms with Crippen LogP contribution in [-0.2, 0) is 0 Å². The molecule has 1 aromatic carbocycles. The second-order valence-electron chi connectivity index (χ2n) is 4.40. The van der Waals surface area contributed by atoms with Crippen LogP contribution in [-0.4, -0.2) is 23.0 Å². The van der Waals surface area contributed by atoms with Crippen LogP contribution in [0.1, 0.15) is 53.8 Å². The lowest BCUT2D eigenvalue weighted by atomic mass is 10.1. The molecule has 4 nitrogen and oxygen atoms in total. The van der Waals surface area contributed by atoms with E-state index in [4.69, 9.17) is 5.11 Å². The first-order valence-electron chi connectivity index (χ1n) is 6.18. The van der Waals surface area contributed by atoms with Crippen LogP contribution < -0.4 is 5.32 Å². The number of rotatable bonds is 6. The molecule has 2 N–H and O–H groups in total. The van der Waals surface area contributed by atoms with E-state index in [1.54, 1.807) is 12.1 Å². The van der Waals surface area contributed by atoms with Gasteiger partial charge in [0.05, 0.1) is 5.56 Å². The Morgan fingerprint density at radius 3 is 2.61 bits per heavy atom. The highest BCUT2D eigenvalue weighted by molar-refractivity contribution is 5.97. The normalized spacial score (nSPS) is 11.9. The number of carbonyl (C=O) groups excluding carboxylic acids is 1. The molecule has 1 atom stereocenters. The first-order valence-corrected chi connectivity index (χ1v) is 6.18. The highest BCUT2D eigenvalue weighted by Crippen LogP contribution is 2.07. The molecule has 1 rings (SSSR count). The number of aromatic carboxylic acids is 1. The zero-order chi connectivity index (χ0) is 13.5. The van der Waals surface area contributed by atoms with Crippen LogP contribution in [0.25, 0.3) is 0 Å². The predicted octanol–water partition coefficient (Wildman–Crippen LogP) is 2.69. The Morgan fingerprint density at radius 2 is 2.00 bits per heavy atom. The van der Waals surface area contributed by atoms with Gasteiger partial charge in [-0.2, -0.15) is 0 Å². The van der Waals surface area contributed by atoms with E-state index in [9.17, 15) is 9.59 Å². The lowest BCUT2D eigenvalue weighted by molar-refractivity contribution is 0.0697. The fourth-order valence-corrected chi connectivity index (χ4v) is 1.68. The summed E-state index contributed by atoms with van der Waals surface area (Å²) in [6.45, 7) is 4.06. The van der Waals surface area contributed by atoms with Gasteiger partial charge < -0.3 is 10.4 Å². The van der Waals surface area contributed by atoms with Gasteiger partial charge in [-0.25, -0.2) is 4.79 Å². The predicted molar refractivity (Wildman–Crippen MR) is 69.9 cm³/mol. The lowest BCUT2D eigenvalue weighted by Crippen LogP contribution is -2.32. The summed E-state index contributed by atoms with van der Waals surface area (Å²) in [7, 11) is 0. The van der Waals surface area contributed by atoms with Crippen molar-refractivity contribution < 1.29 is 14.7 Å². The number of carboxylic acids is 1. The molecule has 98 valence electrons. The minimum Gasteiger partial charge on any atom is -0.478 e. The first-order chi connectivity index (χ1) is 8.54. The Bertz CT molecular complexity index is 429. The second-order valence-corrected chi connectivity index (χ2v) is 4.40. The van der Waals surface area contributed by atoms with E-state index in [1.165, 1.54) is 12.1 Å². The van der Waals surface area contributed by atoms with Gasteiger partial charge in [0.2, 0.25) is 0 Å². The molecule has 0 heterocycles. The minimum atomic E-state index is -1.02. The van der Waals surface area contributed by atoms with E-state index in [0.717, 1.165) is 19.3 Å². The Kier molecular flexibility index (Phi) is 5.36. The van der Waals surface area contributed by atoms with E-state index in [2.05, 4.69) is 12.2 Å². The van der Waals surface area contributed by atoms with Crippen LogP contribution in [0, 0.1) is 0 Å². The zero-order valence-corrected chi connectivity index (χ0v) is 10.8. The van der Waals surface area contributed by atoms with Gasteiger partial charge >= 0.3 is 5.97 Å². The highest BCUT2D eigenvalue weighted by Gasteiger charge is 2.11. The van der Waals surface area contributed by atoms with Crippen molar-refractivity contribution in [2.24, 2.45) is 0 Å². The number of hydrogen-bond acceptors (Lipinski definition) is 2. The van der Waals surface area contributed by atoms with E-state index < -0.39 is 5.97 Å². The van der Waals surface area contributed by atoms with Crippen molar-refractivity contribution in [3.8, 4) is 0 Å². The molecule has 0 fully saturated rings. The van der Waals surface area contributed by atoms with E-state index in [0.29, 0.717) is 5.56 Å². The number of hydrogen-bond donors (Lipinski definition) is 2. The molecule has 1 aromatic rings. The molecule has 0 radical (unpaired) electrons. The van der Waals surface area contributed by atoms with Crippen LogP contribution in [0.4, 0.5) is 0 Å². The molecule has 0 aromatic heterocycles. The third-order valence-corrected chi connectivity index (χ3v) is 2.74. The van der Waals surface area contributed by atoms with E-state index >= 15 is 0 Å². The molecule has 1 unspecified atom stereocenters. The third kappa shape index (κ3) is 4.20. The third-order valence-electron chi connectivity index (χ3n) is 2.74. The number of nitrogens with one attached hydrogen (secondary N) is 1. The van der Waals surface area contributed by atoms with Crippen molar-refractivity contribution in [2.75, 3.05) is 0 Å². The maximum absolute atomic E-state index is 11.9. The number of amides is 1. The summed E-state index contributed by atoms with van der Waals surface area (Å²) in [5.41, 5.74) is 0.516. The monoisotopic (exact) mass is 249 g/mol. The molecular weight excluding hydrogens is 230 g/mol. The van der Waals surface area contributed by atoms with Gasteiger partial charge in [-0.05, 0) is 31.5 Å². The number of benzene rings is 1. The largest absolute Gasteiger partial charge is 0.478 e. The van der Waals surface area contributed by atoms with Gasteiger partial charge in [-0.1, -0.05) is 25.8 Å². The SMILES string of the molecule is CCCCC(C)NC(=O)c1cccc(C(=O)O)c1. The minimum absolute atomic E-state index is 0.103. The van der Waals surface area contributed by atoms with Crippen molar-refractivity contribution in [1.82, 2.24) is 5.32 Å². The van der Waals surface area contributed by atoms with Crippen LogP contribution in [0.2, 0.25) is 0 Å². The maximum atomic E-state index is 11.9. The molecule has 0 aliphatic rings. The van der Waals surface area contributed by atoms with Crippen LogP contribution >= 0.6 is 0 Å². The summed E-state index contributed by atoms with van der Waals surface area (Å²) < 4.78 is 0. The molecule has 0 aliphatic carbocycles. The zero-order valence-electron chi connectivity index (χ0n) is 10.8. The average molecular weight is 249 g/mol. The average Bonchev–Trinajstić information content (AvgIpc) is 2.36. The second kappa shape index (κ2) is 6.79. The standard InChI is InChI=1S/C14H19NO3/c1-3-4-6-10(2)15-13(16)11-7-5-8-12(9-11)14(17)18/h5,7-10H,3-4,6H2,1-2H3,(H,15,16)(H,17,18). The number of unbranched alkanes of at least 4 members (excludes halogenated alkanes) is 1. The Balaban J connectivity index is 2.66. The fourth-order valence-electron chi connectivity index (χ4n) is 1.68. The summed E-state index contributed by atoms with van der Waals surface area (Å²) >= 11 is 0. The Hall–Kier alpha value is -1.84. The van der Waals surface area contributed by atoms with Crippen molar-refractivity contribution in [2.45, 2.75) is 39.2 Å². The van der Waals surface area contributed by atoms with Gasteiger partial charge in [-0.3, -0.25) is 4.79 Å². The molecule has 1 amide bonds. The van der Waals surface area contributed by atoms with Gasteiger partial charge in [0.15, 0.2) is 0 Å². The maximum Gasteiger partial charge on any atom is 0.335 e. The Labute approximate surface area is 107 Å². The summed E-state index contributed by atoms with van der Waals surface area (Å²) in [5.74, 6) is -1.25. The van der Waals surface area contributed by atoms with Gasteiger partial charge in [0.1, 0.15) is 0 Å². The van der Waals surface area contributed by atoms with Gasteiger partial charge in [0, 0.05) is 11.6 Å². The molecule has 4 heteroatoms. The molecular formula is C14H19NO3. The van der Waals surface area contributed by atoms with Crippen molar-refractivity contribution >= 4 is 11.9 Å². The quantitative estimate of drug-likeness (QED) is 0.814. The Morgan fingerprint density at radius 1 is 1.33 bits per heavy atom. The van der Waals surface area contributed by atoms with Gasteiger partial charge in [0.25, 0.3) is 5.91 Å². The molecule has 0 spiro atoms.